The maximum absolute atomic E-state index is 5.45. The quantitative estimate of drug-likeness (QED) is 0.183. The molecule has 0 fully saturated rings. The molecular formula is C47H26N4S2. The molecule has 1 aliphatic rings. The summed E-state index contributed by atoms with van der Waals surface area (Å²) < 4.78 is 4.91. The number of rotatable bonds is 3. The van der Waals surface area contributed by atoms with E-state index in [0.29, 0.717) is 17.6 Å². The van der Waals surface area contributed by atoms with Crippen LogP contribution in [0.3, 0.4) is 0 Å². The SMILES string of the molecule is c1ccc2c3c(ccc2c1)-c1cccc2cccc(c12)N3c1nc(-c2ccc3c(c2)sc2ccccc23)nc(-c2cccc3c2sc2ccccc23)n1. The van der Waals surface area contributed by atoms with Crippen LogP contribution in [-0.2, 0) is 0 Å². The molecule has 0 N–H and O–H groups in total. The maximum atomic E-state index is 5.45. The molecule has 1 aliphatic heterocycles. The van der Waals surface area contributed by atoms with E-state index in [2.05, 4.69) is 163 Å². The maximum Gasteiger partial charge on any atom is 0.238 e. The van der Waals surface area contributed by atoms with Crippen molar-refractivity contribution in [2.45, 2.75) is 0 Å². The van der Waals surface area contributed by atoms with Crippen LogP contribution < -0.4 is 4.90 Å². The number of hydrogen-bond donors (Lipinski definition) is 0. The van der Waals surface area contributed by atoms with E-state index in [0.717, 1.165) is 33.5 Å². The average molecular weight is 711 g/mol. The van der Waals surface area contributed by atoms with Crippen molar-refractivity contribution in [3.63, 3.8) is 0 Å². The Balaban J connectivity index is 1.18. The molecule has 0 spiro atoms. The molecule has 11 aromatic rings. The fourth-order valence-electron chi connectivity index (χ4n) is 8.28. The highest BCUT2D eigenvalue weighted by molar-refractivity contribution is 7.26. The minimum absolute atomic E-state index is 0.596. The van der Waals surface area contributed by atoms with Crippen LogP contribution in [0, 0.1) is 0 Å². The van der Waals surface area contributed by atoms with Gasteiger partial charge in [0.15, 0.2) is 11.6 Å². The lowest BCUT2D eigenvalue weighted by Crippen LogP contribution is -2.19. The van der Waals surface area contributed by atoms with Crippen molar-refractivity contribution in [2.75, 3.05) is 4.90 Å². The Labute approximate surface area is 311 Å². The summed E-state index contributed by atoms with van der Waals surface area (Å²) in [5.74, 6) is 1.90. The van der Waals surface area contributed by atoms with Gasteiger partial charge in [0.25, 0.3) is 0 Å². The van der Waals surface area contributed by atoms with Crippen molar-refractivity contribution in [1.29, 1.82) is 0 Å². The van der Waals surface area contributed by atoms with Crippen molar-refractivity contribution < 1.29 is 0 Å². The largest absolute Gasteiger partial charge is 0.277 e. The third-order valence-electron chi connectivity index (χ3n) is 10.6. The topological polar surface area (TPSA) is 41.9 Å². The van der Waals surface area contributed by atoms with Gasteiger partial charge in [-0.15, -0.1) is 22.7 Å². The van der Waals surface area contributed by atoms with Gasteiger partial charge in [0.2, 0.25) is 5.95 Å². The van der Waals surface area contributed by atoms with Crippen LogP contribution in [0.25, 0.3) is 95.8 Å². The van der Waals surface area contributed by atoms with Gasteiger partial charge in [0.05, 0.1) is 11.4 Å². The van der Waals surface area contributed by atoms with Crippen LogP contribution in [0.4, 0.5) is 17.3 Å². The van der Waals surface area contributed by atoms with Gasteiger partial charge in [0.1, 0.15) is 0 Å². The summed E-state index contributed by atoms with van der Waals surface area (Å²) in [4.78, 5) is 18.5. The summed E-state index contributed by atoms with van der Waals surface area (Å²) in [5, 5.41) is 9.68. The molecule has 6 heteroatoms. The van der Waals surface area contributed by atoms with Crippen molar-refractivity contribution in [1.82, 2.24) is 15.0 Å². The van der Waals surface area contributed by atoms with Crippen LogP contribution in [0.5, 0.6) is 0 Å². The van der Waals surface area contributed by atoms with Crippen LogP contribution >= 0.6 is 22.7 Å². The molecule has 0 saturated carbocycles. The standard InChI is InChI=1S/C47H26N4S2/c1-2-13-30-27(10-1)22-25-35-34-16-7-11-28-12-8-19-38(42(28)34)51(43(30)35)47-49-45(29-23-24-33-31-14-3-5-20-39(31)52-41(33)26-29)48-46(50-47)37-18-9-17-36-32-15-4-6-21-40(32)53-44(36)37/h1-26H. The predicted octanol–water partition coefficient (Wildman–Crippen LogP) is 13.7. The van der Waals surface area contributed by atoms with Gasteiger partial charge in [-0.1, -0.05) is 127 Å². The molecule has 0 saturated heterocycles. The lowest BCUT2D eigenvalue weighted by Gasteiger charge is -2.33. The Morgan fingerprint density at radius 2 is 1.08 bits per heavy atom. The predicted molar refractivity (Wildman–Crippen MR) is 225 cm³/mol. The zero-order chi connectivity index (χ0) is 34.6. The minimum atomic E-state index is 0.596. The molecule has 4 nitrogen and oxygen atoms in total. The molecule has 0 unspecified atom stereocenters. The van der Waals surface area contributed by atoms with Gasteiger partial charge in [-0.25, -0.2) is 4.98 Å². The lowest BCUT2D eigenvalue weighted by molar-refractivity contribution is 1.03. The number of hydrogen-bond acceptors (Lipinski definition) is 6. The Morgan fingerprint density at radius 3 is 1.96 bits per heavy atom. The molecule has 0 aliphatic carbocycles. The number of fused-ring (bicyclic) bond motifs is 10. The first-order chi connectivity index (χ1) is 26.3. The molecule has 0 bridgehead atoms. The third-order valence-corrected chi connectivity index (χ3v) is 13.0. The molecule has 0 amide bonds. The van der Waals surface area contributed by atoms with E-state index in [1.807, 2.05) is 11.3 Å². The summed E-state index contributed by atoms with van der Waals surface area (Å²) in [6, 6.07) is 56.6. The number of aromatic nitrogens is 3. The monoisotopic (exact) mass is 710 g/mol. The highest BCUT2D eigenvalue weighted by Crippen LogP contribution is 2.53. The van der Waals surface area contributed by atoms with Crippen molar-refractivity contribution in [3.8, 4) is 33.9 Å². The second-order valence-corrected chi connectivity index (χ2v) is 15.7. The van der Waals surface area contributed by atoms with E-state index in [9.17, 15) is 0 Å². The molecule has 8 aromatic carbocycles. The molecule has 4 heterocycles. The van der Waals surface area contributed by atoms with E-state index in [1.165, 1.54) is 62.1 Å². The zero-order valence-electron chi connectivity index (χ0n) is 28.1. The number of thiophene rings is 2. The van der Waals surface area contributed by atoms with Gasteiger partial charge in [0, 0.05) is 67.8 Å². The fraction of sp³-hybridized carbons (Fsp3) is 0. The van der Waals surface area contributed by atoms with E-state index >= 15 is 0 Å². The van der Waals surface area contributed by atoms with Crippen molar-refractivity contribution >= 4 is 102 Å². The van der Waals surface area contributed by atoms with Crippen LogP contribution in [-0.4, -0.2) is 15.0 Å². The molecule has 0 atom stereocenters. The summed E-state index contributed by atoms with van der Waals surface area (Å²) in [7, 11) is 0. The Hall–Kier alpha value is -6.47. The first-order valence-electron chi connectivity index (χ1n) is 17.7. The van der Waals surface area contributed by atoms with Crippen molar-refractivity contribution in [2.24, 2.45) is 0 Å². The van der Waals surface area contributed by atoms with Gasteiger partial charge >= 0.3 is 0 Å². The van der Waals surface area contributed by atoms with E-state index in [4.69, 9.17) is 15.0 Å². The number of benzene rings is 8. The average Bonchev–Trinajstić information content (AvgIpc) is 3.79. The second kappa shape index (κ2) is 11.0. The van der Waals surface area contributed by atoms with Crippen molar-refractivity contribution in [3.05, 3.63) is 158 Å². The van der Waals surface area contributed by atoms with Crippen LogP contribution in [0.15, 0.2) is 158 Å². The second-order valence-electron chi connectivity index (χ2n) is 13.6. The summed E-state index contributed by atoms with van der Waals surface area (Å²) >= 11 is 3.60. The smallest absolute Gasteiger partial charge is 0.238 e. The fourth-order valence-corrected chi connectivity index (χ4v) is 10.6. The van der Waals surface area contributed by atoms with E-state index in [1.54, 1.807) is 11.3 Å². The van der Waals surface area contributed by atoms with E-state index < -0.39 is 0 Å². The molecule has 0 radical (unpaired) electrons. The Morgan fingerprint density at radius 1 is 0.415 bits per heavy atom. The highest BCUT2D eigenvalue weighted by Gasteiger charge is 2.30. The highest BCUT2D eigenvalue weighted by atomic mass is 32.1. The Bertz CT molecular complexity index is 3320. The molecular weight excluding hydrogens is 685 g/mol. The first-order valence-corrected chi connectivity index (χ1v) is 19.3. The lowest BCUT2D eigenvalue weighted by atomic mass is 9.89. The summed E-state index contributed by atoms with van der Waals surface area (Å²) in [6.07, 6.45) is 0. The first kappa shape index (κ1) is 29.1. The molecule has 246 valence electrons. The number of nitrogens with zero attached hydrogens (tertiary/aromatic N) is 4. The molecule has 53 heavy (non-hydrogen) atoms. The normalized spacial score (nSPS) is 12.5. The molecule has 3 aromatic heterocycles. The minimum Gasteiger partial charge on any atom is -0.277 e. The van der Waals surface area contributed by atoms with E-state index in [-0.39, 0.29) is 0 Å². The Kier molecular flexibility index (Phi) is 6.06. The number of anilines is 3. The zero-order valence-corrected chi connectivity index (χ0v) is 29.7. The van der Waals surface area contributed by atoms with Gasteiger partial charge in [-0.3, -0.25) is 4.90 Å². The summed E-state index contributed by atoms with van der Waals surface area (Å²) in [6.45, 7) is 0. The van der Waals surface area contributed by atoms with Crippen LogP contribution in [0.2, 0.25) is 0 Å². The van der Waals surface area contributed by atoms with Crippen LogP contribution in [0.1, 0.15) is 0 Å². The van der Waals surface area contributed by atoms with Gasteiger partial charge < -0.3 is 0 Å². The summed E-state index contributed by atoms with van der Waals surface area (Å²) in [5.41, 5.74) is 6.49. The molecule has 12 rings (SSSR count). The van der Waals surface area contributed by atoms with Gasteiger partial charge in [-0.2, -0.15) is 9.97 Å². The van der Waals surface area contributed by atoms with Gasteiger partial charge in [-0.05, 0) is 46.7 Å². The third kappa shape index (κ3) is 4.25.